The Kier molecular flexibility index (Phi) is 4.38. The zero-order valence-electron chi connectivity index (χ0n) is 16.0. The lowest BCUT2D eigenvalue weighted by molar-refractivity contribution is 0.0954. The number of benzene rings is 1. The lowest BCUT2D eigenvalue weighted by Crippen LogP contribution is -2.34. The predicted molar refractivity (Wildman–Crippen MR) is 107 cm³/mol. The van der Waals surface area contributed by atoms with E-state index in [9.17, 15) is 4.79 Å². The van der Waals surface area contributed by atoms with Crippen LogP contribution >= 0.6 is 11.6 Å². The van der Waals surface area contributed by atoms with Gasteiger partial charge in [0.25, 0.3) is 5.91 Å². The van der Waals surface area contributed by atoms with E-state index in [0.29, 0.717) is 23.0 Å². The molecule has 0 radical (unpaired) electrons. The lowest BCUT2D eigenvalue weighted by atomic mass is 9.70. The second kappa shape index (κ2) is 6.48. The molecule has 6 heteroatoms. The van der Waals surface area contributed by atoms with Gasteiger partial charge in [-0.1, -0.05) is 44.5 Å². The number of amides is 1. The largest absolute Gasteiger partial charge is 0.271 e. The van der Waals surface area contributed by atoms with Crippen molar-refractivity contribution in [3.8, 4) is 0 Å². The molecule has 2 aliphatic rings. The van der Waals surface area contributed by atoms with E-state index in [0.717, 1.165) is 24.1 Å². The highest BCUT2D eigenvalue weighted by atomic mass is 35.5. The number of carbonyl (C=O) groups is 1. The maximum absolute atomic E-state index is 12.5. The molecule has 1 amide bonds. The first kappa shape index (κ1) is 18.2. The molecule has 2 aromatic rings. The lowest BCUT2D eigenvalue weighted by Gasteiger charge is -2.34. The summed E-state index contributed by atoms with van der Waals surface area (Å²) in [5.74, 6) is 0.508. The second-order valence-electron chi connectivity index (χ2n) is 8.55. The number of hydrazone groups is 1. The minimum Gasteiger partial charge on any atom is -0.267 e. The standard InChI is InChI=1S/C21H25ClN4O/c1-20(2)16-8-9-21(20,3)18(10-16)24-25-19(27)15-6-4-14(5-7-15)12-26-13-17(22)11-23-26/h4-7,11,13,16H,8-10,12H2,1-3H3,(H,25,27)/b24-18+/t16-,21-/m0/s1. The third-order valence-corrected chi connectivity index (χ3v) is 7.16. The summed E-state index contributed by atoms with van der Waals surface area (Å²) in [6, 6.07) is 7.50. The van der Waals surface area contributed by atoms with Crippen molar-refractivity contribution in [1.29, 1.82) is 0 Å². The van der Waals surface area contributed by atoms with Crippen LogP contribution in [0.3, 0.4) is 0 Å². The van der Waals surface area contributed by atoms with E-state index >= 15 is 0 Å². The molecular formula is C21H25ClN4O. The average Bonchev–Trinajstić information content (AvgIpc) is 3.20. The Hall–Kier alpha value is -2.14. The van der Waals surface area contributed by atoms with Gasteiger partial charge >= 0.3 is 0 Å². The minimum atomic E-state index is -0.166. The Morgan fingerprint density at radius 2 is 2.07 bits per heavy atom. The molecule has 1 aromatic heterocycles. The van der Waals surface area contributed by atoms with Crippen LogP contribution in [0.15, 0.2) is 41.8 Å². The van der Waals surface area contributed by atoms with E-state index < -0.39 is 0 Å². The monoisotopic (exact) mass is 384 g/mol. The molecule has 1 aromatic carbocycles. The van der Waals surface area contributed by atoms with Crippen LogP contribution in [-0.2, 0) is 6.54 Å². The van der Waals surface area contributed by atoms with Crippen LogP contribution in [0.4, 0.5) is 0 Å². The summed E-state index contributed by atoms with van der Waals surface area (Å²) < 4.78 is 1.76. The Morgan fingerprint density at radius 1 is 1.33 bits per heavy atom. The third kappa shape index (κ3) is 3.08. The van der Waals surface area contributed by atoms with Gasteiger partial charge < -0.3 is 0 Å². The first-order valence-corrected chi connectivity index (χ1v) is 9.82. The molecule has 2 aliphatic carbocycles. The van der Waals surface area contributed by atoms with Gasteiger partial charge in [-0.15, -0.1) is 0 Å². The normalized spacial score (nSPS) is 27.3. The molecule has 2 fully saturated rings. The van der Waals surface area contributed by atoms with Gasteiger partial charge in [-0.3, -0.25) is 9.48 Å². The number of fused-ring (bicyclic) bond motifs is 2. The minimum absolute atomic E-state index is 0.0971. The highest BCUT2D eigenvalue weighted by Gasteiger charge is 2.60. The van der Waals surface area contributed by atoms with Crippen LogP contribution in [-0.4, -0.2) is 21.4 Å². The summed E-state index contributed by atoms with van der Waals surface area (Å²) in [4.78, 5) is 12.5. The number of hydrogen-bond acceptors (Lipinski definition) is 3. The van der Waals surface area contributed by atoms with Crippen molar-refractivity contribution in [2.45, 2.75) is 46.6 Å². The number of halogens is 1. The van der Waals surface area contributed by atoms with Crippen LogP contribution in [0.5, 0.6) is 0 Å². The Morgan fingerprint density at radius 3 is 2.63 bits per heavy atom. The first-order chi connectivity index (χ1) is 12.8. The third-order valence-electron chi connectivity index (χ3n) is 6.97. The molecular weight excluding hydrogens is 360 g/mol. The molecule has 4 rings (SSSR count). The molecule has 2 bridgehead atoms. The molecule has 0 spiro atoms. The Bertz CT molecular complexity index is 899. The number of nitrogens with zero attached hydrogens (tertiary/aromatic N) is 3. The maximum atomic E-state index is 12.5. The summed E-state index contributed by atoms with van der Waals surface area (Å²) in [5.41, 5.74) is 5.93. The number of hydrogen-bond donors (Lipinski definition) is 1. The van der Waals surface area contributed by atoms with Crippen molar-refractivity contribution in [2.75, 3.05) is 0 Å². The topological polar surface area (TPSA) is 59.3 Å². The average molecular weight is 385 g/mol. The molecule has 0 aliphatic heterocycles. The van der Waals surface area contributed by atoms with E-state index in [1.165, 1.54) is 6.42 Å². The highest BCUT2D eigenvalue weighted by molar-refractivity contribution is 6.30. The van der Waals surface area contributed by atoms with E-state index in [1.807, 2.05) is 24.3 Å². The summed E-state index contributed by atoms with van der Waals surface area (Å²) in [5, 5.41) is 9.31. The number of rotatable bonds is 4. The van der Waals surface area contributed by atoms with Crippen LogP contribution < -0.4 is 5.43 Å². The molecule has 1 heterocycles. The summed E-state index contributed by atoms with van der Waals surface area (Å²) >= 11 is 5.88. The predicted octanol–water partition coefficient (Wildman–Crippen LogP) is 4.52. The van der Waals surface area contributed by atoms with Gasteiger partial charge in [-0.2, -0.15) is 10.2 Å². The van der Waals surface area contributed by atoms with Gasteiger partial charge in [0.15, 0.2) is 0 Å². The summed E-state index contributed by atoms with van der Waals surface area (Å²) in [6.45, 7) is 7.58. The zero-order chi connectivity index (χ0) is 19.2. The van der Waals surface area contributed by atoms with Crippen molar-refractivity contribution < 1.29 is 4.79 Å². The van der Waals surface area contributed by atoms with Crippen LogP contribution in [0.2, 0.25) is 5.02 Å². The van der Waals surface area contributed by atoms with Gasteiger partial charge in [0, 0.05) is 22.9 Å². The second-order valence-corrected chi connectivity index (χ2v) is 8.98. The van der Waals surface area contributed by atoms with Crippen LogP contribution in [0, 0.1) is 16.7 Å². The Balaban J connectivity index is 1.42. The van der Waals surface area contributed by atoms with Crippen molar-refractivity contribution in [1.82, 2.24) is 15.2 Å². The van der Waals surface area contributed by atoms with Crippen LogP contribution in [0.25, 0.3) is 0 Å². The molecule has 5 nitrogen and oxygen atoms in total. The fourth-order valence-corrected chi connectivity index (χ4v) is 4.81. The summed E-state index contributed by atoms with van der Waals surface area (Å²) in [6.07, 6.45) is 6.80. The molecule has 27 heavy (non-hydrogen) atoms. The quantitative estimate of drug-likeness (QED) is 0.788. The van der Waals surface area contributed by atoms with Gasteiger partial charge in [-0.05, 0) is 48.3 Å². The summed E-state index contributed by atoms with van der Waals surface area (Å²) in [7, 11) is 0. The number of carbonyl (C=O) groups excluding carboxylic acids is 1. The Labute approximate surface area is 164 Å². The van der Waals surface area contributed by atoms with Crippen molar-refractivity contribution in [3.05, 3.63) is 52.8 Å². The van der Waals surface area contributed by atoms with Crippen molar-refractivity contribution in [3.63, 3.8) is 0 Å². The first-order valence-electron chi connectivity index (χ1n) is 9.44. The van der Waals surface area contributed by atoms with E-state index in [1.54, 1.807) is 17.1 Å². The molecule has 1 N–H and O–H groups in total. The molecule has 2 atom stereocenters. The number of nitrogens with one attached hydrogen (secondary N) is 1. The highest BCUT2D eigenvalue weighted by Crippen LogP contribution is 2.63. The SMILES string of the molecule is CC1(C)[C@H]2CC[C@@]1(C)/C(=N/NC(=O)c1ccc(Cn3cc(Cl)cn3)cc1)C2. The van der Waals surface area contributed by atoms with Crippen LogP contribution in [0.1, 0.15) is 56.0 Å². The van der Waals surface area contributed by atoms with E-state index in [-0.39, 0.29) is 16.7 Å². The van der Waals surface area contributed by atoms with E-state index in [2.05, 4.69) is 36.4 Å². The fourth-order valence-electron chi connectivity index (χ4n) is 4.65. The number of aromatic nitrogens is 2. The van der Waals surface area contributed by atoms with E-state index in [4.69, 9.17) is 11.6 Å². The van der Waals surface area contributed by atoms with Gasteiger partial charge in [0.1, 0.15) is 0 Å². The molecule has 2 saturated carbocycles. The van der Waals surface area contributed by atoms with Crippen molar-refractivity contribution in [2.24, 2.45) is 21.8 Å². The maximum Gasteiger partial charge on any atom is 0.271 e. The zero-order valence-corrected chi connectivity index (χ0v) is 16.8. The van der Waals surface area contributed by atoms with Gasteiger partial charge in [0.2, 0.25) is 0 Å². The van der Waals surface area contributed by atoms with Crippen molar-refractivity contribution >= 4 is 23.2 Å². The van der Waals surface area contributed by atoms with Gasteiger partial charge in [0.05, 0.1) is 17.8 Å². The fraction of sp³-hybridized carbons (Fsp3) is 0.476. The molecule has 142 valence electrons. The van der Waals surface area contributed by atoms with Gasteiger partial charge in [-0.25, -0.2) is 5.43 Å². The molecule has 0 unspecified atom stereocenters. The molecule has 0 saturated heterocycles. The smallest absolute Gasteiger partial charge is 0.267 e.